The smallest absolute Gasteiger partial charge is 0.337 e. The van der Waals surface area contributed by atoms with Crippen LogP contribution in [0.2, 0.25) is 0 Å². The number of aromatic amines is 2. The first-order valence-electron chi connectivity index (χ1n) is 5.52. The summed E-state index contributed by atoms with van der Waals surface area (Å²) >= 11 is 0. The highest BCUT2D eigenvalue weighted by molar-refractivity contribution is 5.89. The standard InChI is InChI=1S/C13H9N3O4/c1-20-12(18)8-4-2-7(3-5-8)10-9(6-14)11(17)16-13(19)15-10/h2-5H,1H3,(H2,15,16,17,19). The van der Waals surface area contributed by atoms with Gasteiger partial charge in [-0.15, -0.1) is 0 Å². The Labute approximate surface area is 112 Å². The zero-order valence-electron chi connectivity index (χ0n) is 10.4. The molecule has 1 heterocycles. The molecule has 20 heavy (non-hydrogen) atoms. The quantitative estimate of drug-likeness (QED) is 0.766. The molecular formula is C13H9N3O4. The molecule has 0 fully saturated rings. The third-order valence-corrected chi connectivity index (χ3v) is 2.65. The number of hydrogen-bond donors (Lipinski definition) is 2. The lowest BCUT2D eigenvalue weighted by atomic mass is 10.1. The van der Waals surface area contributed by atoms with Crippen molar-refractivity contribution in [2.45, 2.75) is 0 Å². The van der Waals surface area contributed by atoms with Crippen molar-refractivity contribution < 1.29 is 9.53 Å². The summed E-state index contributed by atoms with van der Waals surface area (Å²) in [7, 11) is 1.26. The van der Waals surface area contributed by atoms with Crippen molar-refractivity contribution in [1.82, 2.24) is 9.97 Å². The molecule has 0 aliphatic heterocycles. The molecule has 0 radical (unpaired) electrons. The van der Waals surface area contributed by atoms with Crippen molar-refractivity contribution in [2.24, 2.45) is 0 Å². The van der Waals surface area contributed by atoms with Gasteiger partial charge in [0.2, 0.25) is 0 Å². The third-order valence-electron chi connectivity index (χ3n) is 2.65. The number of hydrogen-bond acceptors (Lipinski definition) is 5. The van der Waals surface area contributed by atoms with Gasteiger partial charge in [-0.25, -0.2) is 9.59 Å². The second kappa shape index (κ2) is 5.24. The number of nitrogens with zero attached hydrogens (tertiary/aromatic N) is 1. The van der Waals surface area contributed by atoms with Gasteiger partial charge in [0.1, 0.15) is 11.6 Å². The number of carbonyl (C=O) groups is 1. The van der Waals surface area contributed by atoms with E-state index in [4.69, 9.17) is 5.26 Å². The molecule has 7 heteroatoms. The van der Waals surface area contributed by atoms with E-state index in [0.29, 0.717) is 11.1 Å². The van der Waals surface area contributed by atoms with Gasteiger partial charge >= 0.3 is 11.7 Å². The highest BCUT2D eigenvalue weighted by Crippen LogP contribution is 2.18. The number of esters is 1. The Morgan fingerprint density at radius 2 is 1.85 bits per heavy atom. The van der Waals surface area contributed by atoms with Gasteiger partial charge in [0.25, 0.3) is 5.56 Å². The molecule has 2 N–H and O–H groups in total. The fraction of sp³-hybridized carbons (Fsp3) is 0.0769. The van der Waals surface area contributed by atoms with Gasteiger partial charge in [-0.1, -0.05) is 12.1 Å². The van der Waals surface area contributed by atoms with Crippen LogP contribution in [0.3, 0.4) is 0 Å². The van der Waals surface area contributed by atoms with E-state index < -0.39 is 17.2 Å². The van der Waals surface area contributed by atoms with Gasteiger partial charge in [0, 0.05) is 0 Å². The van der Waals surface area contributed by atoms with Crippen LogP contribution in [-0.4, -0.2) is 23.0 Å². The number of rotatable bonds is 2. The Morgan fingerprint density at radius 1 is 1.20 bits per heavy atom. The van der Waals surface area contributed by atoms with E-state index in [1.54, 1.807) is 6.07 Å². The van der Waals surface area contributed by atoms with Gasteiger partial charge in [-0.2, -0.15) is 5.26 Å². The monoisotopic (exact) mass is 271 g/mol. The molecule has 0 saturated carbocycles. The first kappa shape index (κ1) is 13.3. The lowest BCUT2D eigenvalue weighted by Gasteiger charge is -2.04. The molecule has 0 bridgehead atoms. The fourth-order valence-corrected chi connectivity index (χ4v) is 1.70. The summed E-state index contributed by atoms with van der Waals surface area (Å²) in [4.78, 5) is 38.5. The minimum Gasteiger partial charge on any atom is -0.465 e. The van der Waals surface area contributed by atoms with Crippen LogP contribution >= 0.6 is 0 Å². The number of nitriles is 1. The van der Waals surface area contributed by atoms with E-state index in [1.165, 1.54) is 31.4 Å². The molecule has 0 amide bonds. The maximum absolute atomic E-state index is 11.5. The summed E-state index contributed by atoms with van der Waals surface area (Å²) < 4.78 is 4.56. The predicted molar refractivity (Wildman–Crippen MR) is 69.2 cm³/mol. The van der Waals surface area contributed by atoms with Crippen molar-refractivity contribution in [3.8, 4) is 17.3 Å². The van der Waals surface area contributed by atoms with Crippen molar-refractivity contribution in [3.63, 3.8) is 0 Å². The average molecular weight is 271 g/mol. The first-order valence-corrected chi connectivity index (χ1v) is 5.52. The van der Waals surface area contributed by atoms with Crippen LogP contribution in [0.4, 0.5) is 0 Å². The molecule has 2 rings (SSSR count). The van der Waals surface area contributed by atoms with Crippen LogP contribution in [0.25, 0.3) is 11.3 Å². The van der Waals surface area contributed by atoms with Gasteiger partial charge in [0.05, 0.1) is 18.4 Å². The number of H-pyrrole nitrogens is 2. The molecule has 2 aromatic rings. The largest absolute Gasteiger partial charge is 0.465 e. The molecule has 0 aliphatic rings. The van der Waals surface area contributed by atoms with E-state index in [1.807, 2.05) is 4.98 Å². The van der Waals surface area contributed by atoms with Crippen LogP contribution in [0.1, 0.15) is 15.9 Å². The average Bonchev–Trinajstić information content (AvgIpc) is 2.46. The minimum absolute atomic E-state index is 0.109. The molecule has 1 aromatic carbocycles. The molecule has 0 aliphatic carbocycles. The second-order valence-corrected chi connectivity index (χ2v) is 3.84. The topological polar surface area (TPSA) is 116 Å². The summed E-state index contributed by atoms with van der Waals surface area (Å²) in [5, 5.41) is 8.97. The fourth-order valence-electron chi connectivity index (χ4n) is 1.70. The molecule has 7 nitrogen and oxygen atoms in total. The number of nitrogens with one attached hydrogen (secondary N) is 2. The maximum Gasteiger partial charge on any atom is 0.337 e. The number of ether oxygens (including phenoxy) is 1. The Morgan fingerprint density at radius 3 is 2.40 bits per heavy atom. The van der Waals surface area contributed by atoms with Gasteiger partial charge < -0.3 is 9.72 Å². The summed E-state index contributed by atoms with van der Waals surface area (Å²) in [5.74, 6) is -0.503. The summed E-state index contributed by atoms with van der Waals surface area (Å²) in [6, 6.07) is 7.70. The van der Waals surface area contributed by atoms with Crippen molar-refractivity contribution >= 4 is 5.97 Å². The second-order valence-electron chi connectivity index (χ2n) is 3.84. The molecule has 0 saturated heterocycles. The Balaban J connectivity index is 2.58. The van der Waals surface area contributed by atoms with E-state index in [-0.39, 0.29) is 11.3 Å². The Bertz CT molecular complexity index is 809. The molecule has 0 unspecified atom stereocenters. The van der Waals surface area contributed by atoms with E-state index in [2.05, 4.69) is 9.72 Å². The van der Waals surface area contributed by atoms with Crippen LogP contribution in [0, 0.1) is 11.3 Å². The van der Waals surface area contributed by atoms with Crippen LogP contribution in [0.5, 0.6) is 0 Å². The summed E-state index contributed by atoms with van der Waals surface area (Å²) in [5.41, 5.74) is -0.795. The lowest BCUT2D eigenvalue weighted by molar-refractivity contribution is 0.0601. The number of carbonyl (C=O) groups excluding carboxylic acids is 1. The Hall–Kier alpha value is -3.14. The summed E-state index contributed by atoms with van der Waals surface area (Å²) in [6.07, 6.45) is 0. The maximum atomic E-state index is 11.5. The Kier molecular flexibility index (Phi) is 3.48. The van der Waals surface area contributed by atoms with E-state index in [0.717, 1.165) is 0 Å². The molecule has 1 aromatic heterocycles. The first-order chi connectivity index (χ1) is 9.56. The minimum atomic E-state index is -0.761. The van der Waals surface area contributed by atoms with Gasteiger partial charge in [0.15, 0.2) is 0 Å². The number of aromatic nitrogens is 2. The predicted octanol–water partition coefficient (Wildman–Crippen LogP) is 0.388. The molecular weight excluding hydrogens is 262 g/mol. The third kappa shape index (κ3) is 2.35. The van der Waals surface area contributed by atoms with Crippen molar-refractivity contribution in [3.05, 3.63) is 56.2 Å². The van der Waals surface area contributed by atoms with Crippen LogP contribution in [-0.2, 0) is 4.74 Å². The molecule has 100 valence electrons. The SMILES string of the molecule is COC(=O)c1ccc(-c2[nH]c(=O)[nH]c(=O)c2C#N)cc1. The normalized spacial score (nSPS) is 9.80. The van der Waals surface area contributed by atoms with Crippen LogP contribution < -0.4 is 11.2 Å². The van der Waals surface area contributed by atoms with Gasteiger partial charge in [-0.3, -0.25) is 9.78 Å². The highest BCUT2D eigenvalue weighted by Gasteiger charge is 2.12. The van der Waals surface area contributed by atoms with Crippen molar-refractivity contribution in [1.29, 1.82) is 5.26 Å². The van der Waals surface area contributed by atoms with E-state index >= 15 is 0 Å². The summed E-state index contributed by atoms with van der Waals surface area (Å²) in [6.45, 7) is 0. The molecule has 0 spiro atoms. The molecule has 0 atom stereocenters. The van der Waals surface area contributed by atoms with Crippen molar-refractivity contribution in [2.75, 3.05) is 7.11 Å². The van der Waals surface area contributed by atoms with E-state index in [9.17, 15) is 14.4 Å². The lowest BCUT2D eigenvalue weighted by Crippen LogP contribution is -2.25. The van der Waals surface area contributed by atoms with Gasteiger partial charge in [-0.05, 0) is 17.7 Å². The number of benzene rings is 1. The zero-order valence-corrected chi connectivity index (χ0v) is 10.4. The zero-order chi connectivity index (χ0) is 14.7. The number of methoxy groups -OCH3 is 1. The van der Waals surface area contributed by atoms with Crippen LogP contribution in [0.15, 0.2) is 33.9 Å². The highest BCUT2D eigenvalue weighted by atomic mass is 16.5.